The Kier molecular flexibility index (Phi) is 12.0. The van der Waals surface area contributed by atoms with Crippen molar-refractivity contribution in [2.75, 3.05) is 0 Å². The largest absolute Gasteiger partial charge is 0.460 e. The summed E-state index contributed by atoms with van der Waals surface area (Å²) in [7, 11) is 0. The van der Waals surface area contributed by atoms with Gasteiger partial charge in [0.15, 0.2) is 12.3 Å². The van der Waals surface area contributed by atoms with Crippen LogP contribution in [0.3, 0.4) is 0 Å². The number of halogens is 2. The number of benzene rings is 1. The molecule has 2 aliphatic rings. The van der Waals surface area contributed by atoms with Crippen LogP contribution in [0.15, 0.2) is 18.2 Å². The van der Waals surface area contributed by atoms with Crippen LogP contribution in [0, 0.1) is 11.3 Å². The number of esters is 2. The Morgan fingerprint density at radius 1 is 0.842 bits per heavy atom. The fourth-order valence-electron chi connectivity index (χ4n) is 5.76. The molecule has 1 aromatic rings. The average molecular weight is 532 g/mol. The first kappa shape index (κ1) is 30.1. The molecular weight excluding hydrogens is 488 g/mol. The molecule has 0 spiro atoms. The summed E-state index contributed by atoms with van der Waals surface area (Å²) in [5.74, 6) is -0.978. The second-order valence-electron chi connectivity index (χ2n) is 11.0. The summed E-state index contributed by atoms with van der Waals surface area (Å²) in [5.41, 5.74) is 2.82. The number of hydrogen-bond donors (Lipinski definition) is 0. The minimum Gasteiger partial charge on any atom is -0.460 e. The second kappa shape index (κ2) is 15.2. The molecule has 0 aliphatic heterocycles. The molecule has 2 fully saturated rings. The Balaban J connectivity index is 1.49. The van der Waals surface area contributed by atoms with Crippen LogP contribution in [0.5, 0.6) is 0 Å². The molecule has 0 saturated heterocycles. The van der Waals surface area contributed by atoms with E-state index in [0.717, 1.165) is 49.7 Å². The van der Waals surface area contributed by atoms with E-state index in [4.69, 9.17) is 9.47 Å². The standard InChI is InChI=1S/C31H43F2NO4/c1-3-5-7-28(32)30(35)37-25-14-9-21(10-15-25)23-13-18-27(24(19-23)20-34)22-11-16-26(17-12-22)38-31(36)29(33)8-6-4-2/h13,18-19,21-22,25-26,28-29H,3-12,14-17H2,1-2H3/t21-,22-,25-,26-,28-,29-/m0/s1. The quantitative estimate of drug-likeness (QED) is 0.258. The molecule has 38 heavy (non-hydrogen) atoms. The van der Waals surface area contributed by atoms with Crippen molar-refractivity contribution in [1.29, 1.82) is 5.26 Å². The molecule has 210 valence electrons. The molecule has 0 bridgehead atoms. The molecule has 3 rings (SSSR count). The van der Waals surface area contributed by atoms with Crippen molar-refractivity contribution in [3.63, 3.8) is 0 Å². The van der Waals surface area contributed by atoms with Gasteiger partial charge in [-0.1, -0.05) is 51.7 Å². The van der Waals surface area contributed by atoms with Crippen molar-refractivity contribution >= 4 is 11.9 Å². The highest BCUT2D eigenvalue weighted by Crippen LogP contribution is 2.39. The van der Waals surface area contributed by atoms with Gasteiger partial charge in [0.25, 0.3) is 0 Å². The summed E-state index contributed by atoms with van der Waals surface area (Å²) < 4.78 is 38.8. The highest BCUT2D eigenvalue weighted by molar-refractivity contribution is 5.75. The van der Waals surface area contributed by atoms with Gasteiger partial charge < -0.3 is 9.47 Å². The maximum atomic E-state index is 14.0. The molecule has 1 aromatic carbocycles. The monoisotopic (exact) mass is 531 g/mol. The number of unbranched alkanes of at least 4 members (excludes halogenated alkanes) is 2. The van der Waals surface area contributed by atoms with Crippen LogP contribution in [0.4, 0.5) is 8.78 Å². The van der Waals surface area contributed by atoms with E-state index in [1.165, 1.54) is 0 Å². The lowest BCUT2D eigenvalue weighted by atomic mass is 9.78. The molecule has 2 saturated carbocycles. The number of rotatable bonds is 12. The van der Waals surface area contributed by atoms with Gasteiger partial charge in [-0.3, -0.25) is 0 Å². The summed E-state index contributed by atoms with van der Waals surface area (Å²) in [6, 6.07) is 8.51. The van der Waals surface area contributed by atoms with E-state index in [1.807, 2.05) is 19.9 Å². The second-order valence-corrected chi connectivity index (χ2v) is 11.0. The molecular formula is C31H43F2NO4. The number of alkyl halides is 2. The molecule has 2 aliphatic carbocycles. The molecule has 0 unspecified atom stereocenters. The summed E-state index contributed by atoms with van der Waals surface area (Å²) >= 11 is 0. The van der Waals surface area contributed by atoms with Crippen LogP contribution >= 0.6 is 0 Å². The van der Waals surface area contributed by atoms with Crippen LogP contribution in [-0.2, 0) is 19.1 Å². The Bertz CT molecular complexity index is 946. The van der Waals surface area contributed by atoms with Crippen molar-refractivity contribution in [3.8, 4) is 6.07 Å². The highest BCUT2D eigenvalue weighted by Gasteiger charge is 2.31. The smallest absolute Gasteiger partial charge is 0.340 e. The van der Waals surface area contributed by atoms with Gasteiger partial charge in [-0.25, -0.2) is 18.4 Å². The molecule has 0 aromatic heterocycles. The maximum Gasteiger partial charge on any atom is 0.340 e. The fourth-order valence-corrected chi connectivity index (χ4v) is 5.76. The van der Waals surface area contributed by atoms with Crippen molar-refractivity contribution in [2.24, 2.45) is 0 Å². The third-order valence-corrected chi connectivity index (χ3v) is 8.16. The van der Waals surface area contributed by atoms with Gasteiger partial charge >= 0.3 is 11.9 Å². The van der Waals surface area contributed by atoms with Crippen molar-refractivity contribution in [2.45, 2.75) is 140 Å². The molecule has 2 atom stereocenters. The maximum absolute atomic E-state index is 14.0. The average Bonchev–Trinajstić information content (AvgIpc) is 2.95. The summed E-state index contributed by atoms with van der Waals surface area (Å²) in [4.78, 5) is 24.0. The van der Waals surface area contributed by atoms with Crippen molar-refractivity contribution < 1.29 is 27.8 Å². The van der Waals surface area contributed by atoms with Gasteiger partial charge in [-0.05, 0) is 93.2 Å². The van der Waals surface area contributed by atoms with Crippen LogP contribution in [0.25, 0.3) is 0 Å². The first-order chi connectivity index (χ1) is 18.4. The predicted octanol–water partition coefficient (Wildman–Crippen LogP) is 7.75. The van der Waals surface area contributed by atoms with E-state index in [1.54, 1.807) is 0 Å². The van der Waals surface area contributed by atoms with Gasteiger partial charge in [0.1, 0.15) is 12.2 Å². The summed E-state index contributed by atoms with van der Waals surface area (Å²) in [5, 5.41) is 9.88. The molecule has 5 nitrogen and oxygen atoms in total. The summed E-state index contributed by atoms with van der Waals surface area (Å²) in [6.07, 6.45) is 5.88. The lowest BCUT2D eigenvalue weighted by Gasteiger charge is -2.31. The van der Waals surface area contributed by atoms with E-state index >= 15 is 0 Å². The van der Waals surface area contributed by atoms with Crippen LogP contribution in [0.2, 0.25) is 0 Å². The fraction of sp³-hybridized carbons (Fsp3) is 0.710. The van der Waals surface area contributed by atoms with Gasteiger partial charge in [0.05, 0.1) is 11.6 Å². The van der Waals surface area contributed by atoms with Crippen molar-refractivity contribution in [1.82, 2.24) is 0 Å². The predicted molar refractivity (Wildman–Crippen MR) is 142 cm³/mol. The van der Waals surface area contributed by atoms with E-state index in [0.29, 0.717) is 44.1 Å². The zero-order valence-corrected chi connectivity index (χ0v) is 22.9. The number of ether oxygens (including phenoxy) is 2. The Morgan fingerprint density at radius 2 is 1.32 bits per heavy atom. The molecule has 7 heteroatoms. The van der Waals surface area contributed by atoms with Gasteiger partial charge in [-0.15, -0.1) is 0 Å². The zero-order valence-electron chi connectivity index (χ0n) is 22.9. The van der Waals surface area contributed by atoms with Crippen LogP contribution in [0.1, 0.15) is 132 Å². The topological polar surface area (TPSA) is 76.4 Å². The summed E-state index contributed by atoms with van der Waals surface area (Å²) in [6.45, 7) is 3.93. The Morgan fingerprint density at radius 3 is 1.76 bits per heavy atom. The van der Waals surface area contributed by atoms with E-state index < -0.39 is 24.3 Å². The molecule has 0 radical (unpaired) electrons. The van der Waals surface area contributed by atoms with Gasteiger partial charge in [0.2, 0.25) is 0 Å². The van der Waals surface area contributed by atoms with Crippen LogP contribution in [-0.4, -0.2) is 36.5 Å². The van der Waals surface area contributed by atoms with Crippen molar-refractivity contribution in [3.05, 3.63) is 34.9 Å². The Labute approximate surface area is 226 Å². The van der Waals surface area contributed by atoms with E-state index in [9.17, 15) is 23.6 Å². The third kappa shape index (κ3) is 8.51. The third-order valence-electron chi connectivity index (χ3n) is 8.16. The first-order valence-corrected chi connectivity index (χ1v) is 14.6. The lowest BCUT2D eigenvalue weighted by Crippen LogP contribution is -2.29. The number of nitrogens with zero attached hydrogens (tertiary/aromatic N) is 1. The van der Waals surface area contributed by atoms with E-state index in [-0.39, 0.29) is 36.9 Å². The number of carbonyl (C=O) groups is 2. The first-order valence-electron chi connectivity index (χ1n) is 14.6. The SMILES string of the molecule is CCCC[C@H](F)C(=O)O[C@H]1CC[C@H](c2ccc([C@H]3CC[C@H](OC(=O)[C@@H](F)CCCC)CC3)c(C#N)c2)CC1. The molecule has 0 amide bonds. The van der Waals surface area contributed by atoms with Crippen LogP contribution < -0.4 is 0 Å². The normalized spacial score (nSPS) is 25.1. The molecule has 0 N–H and O–H groups in total. The number of hydrogen-bond acceptors (Lipinski definition) is 5. The zero-order chi connectivity index (χ0) is 27.5. The minimum atomic E-state index is -1.54. The van der Waals surface area contributed by atoms with Gasteiger partial charge in [0, 0.05) is 0 Å². The minimum absolute atomic E-state index is 0.214. The number of nitriles is 1. The number of carbonyl (C=O) groups excluding carboxylic acids is 2. The van der Waals surface area contributed by atoms with Gasteiger partial charge in [-0.2, -0.15) is 5.26 Å². The lowest BCUT2D eigenvalue weighted by molar-refractivity contribution is -0.157. The highest BCUT2D eigenvalue weighted by atomic mass is 19.1. The van der Waals surface area contributed by atoms with E-state index in [2.05, 4.69) is 18.2 Å². The Hall–Kier alpha value is -2.49. The molecule has 0 heterocycles.